The average Bonchev–Trinajstić information content (AvgIpc) is 3.06. The summed E-state index contributed by atoms with van der Waals surface area (Å²) in [6.07, 6.45) is 3.39. The number of benzene rings is 1. The first-order valence-corrected chi connectivity index (χ1v) is 6.26. The van der Waals surface area contributed by atoms with Gasteiger partial charge in [-0.3, -0.25) is 0 Å². The second-order valence-corrected chi connectivity index (χ2v) is 5.06. The first-order chi connectivity index (χ1) is 7.66. The maximum absolute atomic E-state index is 5.97. The van der Waals surface area contributed by atoms with Crippen molar-refractivity contribution in [2.75, 3.05) is 6.61 Å². The van der Waals surface area contributed by atoms with Gasteiger partial charge in [-0.1, -0.05) is 23.2 Å². The van der Waals surface area contributed by atoms with E-state index in [9.17, 15) is 0 Å². The maximum atomic E-state index is 5.97. The molecule has 1 unspecified atom stereocenters. The lowest BCUT2D eigenvalue weighted by Gasteiger charge is -2.12. The van der Waals surface area contributed by atoms with Gasteiger partial charge in [-0.15, -0.1) is 0 Å². The van der Waals surface area contributed by atoms with Crippen LogP contribution in [0.1, 0.15) is 19.3 Å². The molecule has 2 rings (SSSR count). The molecule has 0 aliphatic heterocycles. The normalized spacial score (nSPS) is 17.2. The highest BCUT2D eigenvalue weighted by Crippen LogP contribution is 2.33. The van der Waals surface area contributed by atoms with Gasteiger partial charge in [0, 0.05) is 17.1 Å². The molecule has 16 heavy (non-hydrogen) atoms. The SMILES string of the molecule is NC(CCOc1cc(Cl)ccc1Cl)C1CC1. The molecule has 4 heteroatoms. The van der Waals surface area contributed by atoms with Crippen molar-refractivity contribution in [1.29, 1.82) is 0 Å². The second-order valence-electron chi connectivity index (χ2n) is 4.21. The van der Waals surface area contributed by atoms with E-state index < -0.39 is 0 Å². The molecule has 0 radical (unpaired) electrons. The summed E-state index contributed by atoms with van der Waals surface area (Å²) in [5, 5.41) is 1.22. The van der Waals surface area contributed by atoms with Crippen LogP contribution in [0.15, 0.2) is 18.2 Å². The Morgan fingerprint density at radius 2 is 2.12 bits per heavy atom. The molecule has 0 spiro atoms. The Bertz CT molecular complexity index is 366. The number of halogens is 2. The van der Waals surface area contributed by atoms with Crippen molar-refractivity contribution in [1.82, 2.24) is 0 Å². The van der Waals surface area contributed by atoms with Gasteiger partial charge in [-0.2, -0.15) is 0 Å². The molecule has 2 N–H and O–H groups in total. The molecule has 1 aromatic rings. The van der Waals surface area contributed by atoms with E-state index in [0.29, 0.717) is 28.3 Å². The van der Waals surface area contributed by atoms with E-state index in [1.807, 2.05) is 0 Å². The zero-order valence-electron chi connectivity index (χ0n) is 8.96. The van der Waals surface area contributed by atoms with Crippen molar-refractivity contribution < 1.29 is 4.74 Å². The smallest absolute Gasteiger partial charge is 0.139 e. The number of rotatable bonds is 5. The van der Waals surface area contributed by atoms with Crippen LogP contribution in [0.25, 0.3) is 0 Å². The minimum atomic E-state index is 0.262. The number of hydrogen-bond donors (Lipinski definition) is 1. The van der Waals surface area contributed by atoms with Gasteiger partial charge in [0.25, 0.3) is 0 Å². The Kier molecular flexibility index (Phi) is 3.95. The summed E-state index contributed by atoms with van der Waals surface area (Å²) >= 11 is 11.8. The Labute approximate surface area is 106 Å². The van der Waals surface area contributed by atoms with Crippen LogP contribution in [-0.2, 0) is 0 Å². The van der Waals surface area contributed by atoms with E-state index in [2.05, 4.69) is 0 Å². The second kappa shape index (κ2) is 5.26. The lowest BCUT2D eigenvalue weighted by molar-refractivity contribution is 0.292. The van der Waals surface area contributed by atoms with Crippen LogP contribution in [0.3, 0.4) is 0 Å². The fraction of sp³-hybridized carbons (Fsp3) is 0.500. The summed E-state index contributed by atoms with van der Waals surface area (Å²) in [6, 6.07) is 5.47. The van der Waals surface area contributed by atoms with E-state index in [1.54, 1.807) is 18.2 Å². The Hall–Kier alpha value is -0.440. The maximum Gasteiger partial charge on any atom is 0.139 e. The predicted octanol–water partition coefficient (Wildman–Crippen LogP) is 3.50. The van der Waals surface area contributed by atoms with Crippen molar-refractivity contribution >= 4 is 23.2 Å². The van der Waals surface area contributed by atoms with Gasteiger partial charge in [0.15, 0.2) is 0 Å². The third kappa shape index (κ3) is 3.27. The van der Waals surface area contributed by atoms with Crippen molar-refractivity contribution in [2.24, 2.45) is 11.7 Å². The van der Waals surface area contributed by atoms with Gasteiger partial charge < -0.3 is 10.5 Å². The van der Waals surface area contributed by atoms with Crippen molar-refractivity contribution in [3.8, 4) is 5.75 Å². The third-order valence-electron chi connectivity index (χ3n) is 2.83. The molecular formula is C12H15Cl2NO. The van der Waals surface area contributed by atoms with E-state index in [4.69, 9.17) is 33.7 Å². The summed E-state index contributed by atoms with van der Waals surface area (Å²) in [7, 11) is 0. The summed E-state index contributed by atoms with van der Waals surface area (Å²) in [5.41, 5.74) is 5.97. The molecule has 0 heterocycles. The molecular weight excluding hydrogens is 245 g/mol. The molecule has 0 amide bonds. The minimum Gasteiger partial charge on any atom is -0.492 e. The zero-order valence-corrected chi connectivity index (χ0v) is 10.5. The molecule has 88 valence electrons. The predicted molar refractivity (Wildman–Crippen MR) is 67.3 cm³/mol. The quantitative estimate of drug-likeness (QED) is 0.879. The Morgan fingerprint density at radius 3 is 2.81 bits per heavy atom. The van der Waals surface area contributed by atoms with Gasteiger partial charge in [0.05, 0.1) is 11.6 Å². The van der Waals surface area contributed by atoms with Crippen molar-refractivity contribution in [2.45, 2.75) is 25.3 Å². The molecule has 1 aromatic carbocycles. The number of hydrogen-bond acceptors (Lipinski definition) is 2. The average molecular weight is 260 g/mol. The summed E-state index contributed by atoms with van der Waals surface area (Å²) < 4.78 is 5.57. The van der Waals surface area contributed by atoms with Crippen LogP contribution in [0.2, 0.25) is 10.0 Å². The van der Waals surface area contributed by atoms with E-state index in [1.165, 1.54) is 12.8 Å². The van der Waals surface area contributed by atoms with Crippen LogP contribution in [0.5, 0.6) is 5.75 Å². The van der Waals surface area contributed by atoms with Gasteiger partial charge >= 0.3 is 0 Å². The molecule has 1 fully saturated rings. The molecule has 0 aromatic heterocycles. The molecule has 1 saturated carbocycles. The monoisotopic (exact) mass is 259 g/mol. The lowest BCUT2D eigenvalue weighted by Crippen LogP contribution is -2.24. The molecule has 0 bridgehead atoms. The van der Waals surface area contributed by atoms with Gasteiger partial charge in [0.2, 0.25) is 0 Å². The molecule has 0 saturated heterocycles. The molecule has 2 nitrogen and oxygen atoms in total. The van der Waals surface area contributed by atoms with Gasteiger partial charge in [-0.25, -0.2) is 0 Å². The first kappa shape index (κ1) is 12.0. The fourth-order valence-corrected chi connectivity index (χ4v) is 1.99. The van der Waals surface area contributed by atoms with Gasteiger partial charge in [0.1, 0.15) is 5.75 Å². The van der Waals surface area contributed by atoms with Crippen LogP contribution in [0, 0.1) is 5.92 Å². The largest absolute Gasteiger partial charge is 0.492 e. The Balaban J connectivity index is 1.81. The standard InChI is InChI=1S/C12H15Cl2NO/c13-9-3-4-10(14)12(7-9)16-6-5-11(15)8-1-2-8/h3-4,7-8,11H,1-2,5-6,15H2. The summed E-state index contributed by atoms with van der Waals surface area (Å²) in [4.78, 5) is 0. The zero-order chi connectivity index (χ0) is 11.5. The Morgan fingerprint density at radius 1 is 1.38 bits per heavy atom. The summed E-state index contributed by atoms with van der Waals surface area (Å²) in [6.45, 7) is 0.595. The molecule has 1 aliphatic rings. The summed E-state index contributed by atoms with van der Waals surface area (Å²) in [5.74, 6) is 1.34. The highest BCUT2D eigenvalue weighted by molar-refractivity contribution is 6.34. The number of ether oxygens (including phenoxy) is 1. The van der Waals surface area contributed by atoms with E-state index >= 15 is 0 Å². The van der Waals surface area contributed by atoms with Crippen molar-refractivity contribution in [3.63, 3.8) is 0 Å². The highest BCUT2D eigenvalue weighted by Gasteiger charge is 2.28. The van der Waals surface area contributed by atoms with Crippen LogP contribution >= 0.6 is 23.2 Å². The van der Waals surface area contributed by atoms with Crippen LogP contribution < -0.4 is 10.5 Å². The molecule has 1 atom stereocenters. The topological polar surface area (TPSA) is 35.2 Å². The van der Waals surface area contributed by atoms with Crippen LogP contribution in [0.4, 0.5) is 0 Å². The van der Waals surface area contributed by atoms with Crippen LogP contribution in [-0.4, -0.2) is 12.6 Å². The highest BCUT2D eigenvalue weighted by atomic mass is 35.5. The van der Waals surface area contributed by atoms with Crippen molar-refractivity contribution in [3.05, 3.63) is 28.2 Å². The first-order valence-electron chi connectivity index (χ1n) is 5.50. The van der Waals surface area contributed by atoms with E-state index in [0.717, 1.165) is 6.42 Å². The number of nitrogens with two attached hydrogens (primary N) is 1. The minimum absolute atomic E-state index is 0.262. The van der Waals surface area contributed by atoms with Gasteiger partial charge in [-0.05, 0) is 37.3 Å². The lowest BCUT2D eigenvalue weighted by atomic mass is 10.1. The van der Waals surface area contributed by atoms with E-state index in [-0.39, 0.29) is 6.04 Å². The fourth-order valence-electron chi connectivity index (χ4n) is 1.65. The molecule has 1 aliphatic carbocycles. The third-order valence-corrected chi connectivity index (χ3v) is 3.38.